The highest BCUT2D eigenvalue weighted by atomic mass is 16.5. The highest BCUT2D eigenvalue weighted by Gasteiger charge is 2.15. The summed E-state index contributed by atoms with van der Waals surface area (Å²) in [7, 11) is 4.88. The van der Waals surface area contributed by atoms with Gasteiger partial charge in [0.25, 0.3) is 0 Å². The Hall–Kier alpha value is -4.19. The Bertz CT molecular complexity index is 1310. The fraction of sp³-hybridized carbons (Fsp3) is 0.207. The molecule has 35 heavy (non-hydrogen) atoms. The van der Waals surface area contributed by atoms with Crippen molar-refractivity contribution in [2.45, 2.75) is 13.0 Å². The molecule has 0 unspecified atom stereocenters. The quantitative estimate of drug-likeness (QED) is 0.312. The van der Waals surface area contributed by atoms with Crippen LogP contribution in [0.25, 0.3) is 17.0 Å². The van der Waals surface area contributed by atoms with Crippen molar-refractivity contribution in [3.63, 3.8) is 0 Å². The van der Waals surface area contributed by atoms with Gasteiger partial charge in [-0.1, -0.05) is 36.4 Å². The largest absolute Gasteiger partial charge is 0.497 e. The maximum Gasteiger partial charge on any atom is 0.246 e. The average molecular weight is 471 g/mol. The first-order valence-corrected chi connectivity index (χ1v) is 11.5. The number of hydrogen-bond donors (Lipinski definition) is 1. The van der Waals surface area contributed by atoms with E-state index in [9.17, 15) is 4.79 Å². The number of rotatable bonds is 10. The van der Waals surface area contributed by atoms with E-state index in [2.05, 4.69) is 4.98 Å². The summed E-state index contributed by atoms with van der Waals surface area (Å²) < 4.78 is 16.2. The van der Waals surface area contributed by atoms with Crippen LogP contribution in [-0.2, 0) is 17.8 Å². The second-order valence-electron chi connectivity index (χ2n) is 8.17. The van der Waals surface area contributed by atoms with Gasteiger partial charge in [0, 0.05) is 36.3 Å². The van der Waals surface area contributed by atoms with Gasteiger partial charge in [-0.15, -0.1) is 0 Å². The molecule has 0 atom stereocenters. The zero-order valence-corrected chi connectivity index (χ0v) is 20.3. The lowest BCUT2D eigenvalue weighted by Crippen LogP contribution is -2.31. The molecule has 0 saturated carbocycles. The number of hydrogen-bond acceptors (Lipinski definition) is 4. The zero-order chi connectivity index (χ0) is 24.6. The Labute approximate surface area is 205 Å². The second kappa shape index (κ2) is 11.3. The number of aromatic nitrogens is 1. The van der Waals surface area contributed by atoms with Crippen LogP contribution in [-0.4, -0.2) is 43.7 Å². The van der Waals surface area contributed by atoms with Crippen LogP contribution in [0.2, 0.25) is 0 Å². The number of carbonyl (C=O) groups is 1. The summed E-state index contributed by atoms with van der Waals surface area (Å²) in [5, 5.41) is 1.10. The molecule has 6 heteroatoms. The molecule has 1 amide bonds. The molecule has 1 N–H and O–H groups in total. The van der Waals surface area contributed by atoms with Gasteiger partial charge in [-0.2, -0.15) is 0 Å². The van der Waals surface area contributed by atoms with Crippen LogP contribution in [0.5, 0.6) is 17.2 Å². The number of H-pyrrole nitrogens is 1. The molecule has 180 valence electrons. The fourth-order valence-electron chi connectivity index (χ4n) is 4.05. The van der Waals surface area contributed by atoms with Crippen LogP contribution >= 0.6 is 0 Å². The predicted octanol–water partition coefficient (Wildman–Crippen LogP) is 5.48. The van der Waals surface area contributed by atoms with Crippen LogP contribution < -0.4 is 14.2 Å². The van der Waals surface area contributed by atoms with E-state index in [4.69, 9.17) is 14.2 Å². The Morgan fingerprint density at radius 1 is 0.914 bits per heavy atom. The monoisotopic (exact) mass is 470 g/mol. The molecular formula is C29H30N2O4. The maximum atomic E-state index is 13.3. The summed E-state index contributed by atoms with van der Waals surface area (Å²) in [4.78, 5) is 18.4. The molecule has 6 nitrogen and oxygen atoms in total. The molecule has 1 aromatic heterocycles. The van der Waals surface area contributed by atoms with Gasteiger partial charge in [0.1, 0.15) is 5.75 Å². The molecule has 4 rings (SSSR count). The van der Waals surface area contributed by atoms with Crippen LogP contribution in [0, 0.1) is 0 Å². The number of methoxy groups -OCH3 is 3. The molecule has 0 aliphatic carbocycles. The van der Waals surface area contributed by atoms with Crippen LogP contribution in [0.4, 0.5) is 0 Å². The highest BCUT2D eigenvalue weighted by Crippen LogP contribution is 2.28. The Morgan fingerprint density at radius 3 is 2.46 bits per heavy atom. The molecule has 3 aromatic carbocycles. The number of ether oxygens (including phenoxy) is 3. The van der Waals surface area contributed by atoms with Gasteiger partial charge in [0.05, 0.1) is 21.3 Å². The normalized spacial score (nSPS) is 11.1. The van der Waals surface area contributed by atoms with Gasteiger partial charge in [0.2, 0.25) is 5.91 Å². The van der Waals surface area contributed by atoms with Crippen LogP contribution in [0.1, 0.15) is 16.7 Å². The van der Waals surface area contributed by atoms with Gasteiger partial charge >= 0.3 is 0 Å². The number of aromatic amines is 1. The van der Waals surface area contributed by atoms with Crippen molar-refractivity contribution in [3.05, 3.63) is 95.7 Å². The van der Waals surface area contributed by atoms with Gasteiger partial charge in [-0.3, -0.25) is 4.79 Å². The van der Waals surface area contributed by atoms with Crippen LogP contribution in [0.15, 0.2) is 79.0 Å². The van der Waals surface area contributed by atoms with E-state index >= 15 is 0 Å². The Morgan fingerprint density at radius 2 is 1.71 bits per heavy atom. The maximum absolute atomic E-state index is 13.3. The number of nitrogens with zero attached hydrogens (tertiary/aromatic N) is 1. The summed E-state index contributed by atoms with van der Waals surface area (Å²) >= 11 is 0. The first kappa shape index (κ1) is 24.0. The standard InChI is InChI=1S/C29H30N2O4/c1-33-24-11-12-26-25(18-24)23(19-30-26)15-16-31(29(32)14-10-21-7-5-4-6-8-21)20-22-9-13-27(34-2)28(17-22)35-3/h4-14,17-19,30H,15-16,20H2,1-3H3/b14-10+. The second-order valence-corrected chi connectivity index (χ2v) is 8.17. The van der Waals surface area contributed by atoms with E-state index in [1.54, 1.807) is 27.4 Å². The predicted molar refractivity (Wildman–Crippen MR) is 139 cm³/mol. The minimum Gasteiger partial charge on any atom is -0.497 e. The molecule has 0 bridgehead atoms. The number of amides is 1. The summed E-state index contributed by atoms with van der Waals surface area (Å²) in [6.45, 7) is 1.00. The topological polar surface area (TPSA) is 63.8 Å². The molecule has 0 spiro atoms. The summed E-state index contributed by atoms with van der Waals surface area (Å²) in [5.41, 5.74) is 4.12. The van der Waals surface area contributed by atoms with Crippen molar-refractivity contribution < 1.29 is 19.0 Å². The van der Waals surface area contributed by atoms with Gasteiger partial charge in [-0.05, 0) is 59.5 Å². The van der Waals surface area contributed by atoms with Crippen molar-refractivity contribution in [2.24, 2.45) is 0 Å². The van der Waals surface area contributed by atoms with Crippen molar-refractivity contribution in [3.8, 4) is 17.2 Å². The third kappa shape index (κ3) is 5.84. The smallest absolute Gasteiger partial charge is 0.246 e. The molecule has 1 heterocycles. The first-order chi connectivity index (χ1) is 17.1. The van der Waals surface area contributed by atoms with Gasteiger partial charge < -0.3 is 24.1 Å². The van der Waals surface area contributed by atoms with E-state index in [-0.39, 0.29) is 5.91 Å². The number of fused-ring (bicyclic) bond motifs is 1. The minimum absolute atomic E-state index is 0.0546. The van der Waals surface area contributed by atoms with Gasteiger partial charge in [0.15, 0.2) is 11.5 Å². The first-order valence-electron chi connectivity index (χ1n) is 11.5. The Balaban J connectivity index is 1.57. The lowest BCUT2D eigenvalue weighted by Gasteiger charge is -2.22. The number of carbonyl (C=O) groups excluding carboxylic acids is 1. The van der Waals surface area contributed by atoms with E-state index in [0.717, 1.165) is 33.3 Å². The third-order valence-corrected chi connectivity index (χ3v) is 5.98. The third-order valence-electron chi connectivity index (χ3n) is 5.98. The Kier molecular flexibility index (Phi) is 7.73. The van der Waals surface area contributed by atoms with E-state index in [1.165, 1.54) is 0 Å². The lowest BCUT2D eigenvalue weighted by atomic mass is 10.1. The molecule has 0 aliphatic rings. The minimum atomic E-state index is -0.0546. The number of benzene rings is 3. The lowest BCUT2D eigenvalue weighted by molar-refractivity contribution is -0.126. The van der Waals surface area contributed by atoms with E-state index < -0.39 is 0 Å². The molecule has 0 radical (unpaired) electrons. The average Bonchev–Trinajstić information content (AvgIpc) is 3.32. The molecular weight excluding hydrogens is 440 g/mol. The highest BCUT2D eigenvalue weighted by molar-refractivity contribution is 5.92. The zero-order valence-electron chi connectivity index (χ0n) is 20.3. The van der Waals surface area contributed by atoms with Crippen LogP contribution in [0.3, 0.4) is 0 Å². The SMILES string of the molecule is COc1ccc2[nH]cc(CCN(Cc3ccc(OC)c(OC)c3)C(=O)/C=C/c3ccccc3)c2c1. The van der Waals surface area contributed by atoms with E-state index in [1.807, 2.05) is 83.9 Å². The molecule has 0 saturated heterocycles. The van der Waals surface area contributed by atoms with Crippen molar-refractivity contribution in [1.29, 1.82) is 0 Å². The van der Waals surface area contributed by atoms with Crippen molar-refractivity contribution >= 4 is 22.9 Å². The van der Waals surface area contributed by atoms with Gasteiger partial charge in [-0.25, -0.2) is 0 Å². The van der Waals surface area contributed by atoms with E-state index in [0.29, 0.717) is 31.0 Å². The molecule has 4 aromatic rings. The van der Waals surface area contributed by atoms with Crippen molar-refractivity contribution in [2.75, 3.05) is 27.9 Å². The molecule has 0 fully saturated rings. The summed E-state index contributed by atoms with van der Waals surface area (Å²) in [6, 6.07) is 21.5. The fourth-order valence-corrected chi connectivity index (χ4v) is 4.05. The molecule has 0 aliphatic heterocycles. The van der Waals surface area contributed by atoms with Crippen molar-refractivity contribution in [1.82, 2.24) is 9.88 Å². The number of nitrogens with one attached hydrogen (secondary N) is 1. The summed E-state index contributed by atoms with van der Waals surface area (Å²) in [5.74, 6) is 2.05. The summed E-state index contributed by atoms with van der Waals surface area (Å²) in [6.07, 6.45) is 6.18.